The van der Waals surface area contributed by atoms with E-state index in [2.05, 4.69) is 92.3 Å². The van der Waals surface area contributed by atoms with Crippen molar-refractivity contribution in [3.63, 3.8) is 0 Å². The van der Waals surface area contributed by atoms with E-state index in [9.17, 15) is 0 Å². The molecule has 0 aliphatic rings. The summed E-state index contributed by atoms with van der Waals surface area (Å²) in [7, 11) is 4.10. The fraction of sp³-hybridized carbons (Fsp3) is 0.357. The third-order valence-electron chi connectivity index (χ3n) is 3.24. The number of aromatic nitrogens is 2. The molecular weight excluding hydrogens is 445 g/mol. The van der Waals surface area contributed by atoms with Crippen molar-refractivity contribution in [2.75, 3.05) is 20.6 Å². The van der Waals surface area contributed by atoms with Gasteiger partial charge in [0, 0.05) is 10.1 Å². The average Bonchev–Trinajstić information content (AvgIpc) is 2.81. The number of hydrazine groups is 1. The van der Waals surface area contributed by atoms with Gasteiger partial charge in [-0.25, -0.2) is 5.43 Å². The van der Waals surface area contributed by atoms with Gasteiger partial charge in [-0.3, -0.25) is 10.5 Å². The van der Waals surface area contributed by atoms with Gasteiger partial charge >= 0.3 is 0 Å². The summed E-state index contributed by atoms with van der Waals surface area (Å²) in [4.78, 5) is 2.13. The number of rotatable bonds is 6. The maximum Gasteiger partial charge on any atom is 0.0889 e. The van der Waals surface area contributed by atoms with Crippen LogP contribution in [0.3, 0.4) is 0 Å². The van der Waals surface area contributed by atoms with Crippen LogP contribution in [0.5, 0.6) is 0 Å². The number of nitrogens with zero attached hydrogens (tertiary/aromatic N) is 3. The number of halogens is 2. The Morgan fingerprint density at radius 3 is 2.62 bits per heavy atom. The molecule has 2 aromatic rings. The normalized spacial score (nSPS) is 12.9. The second-order valence-corrected chi connectivity index (χ2v) is 7.16. The van der Waals surface area contributed by atoms with Crippen molar-refractivity contribution < 1.29 is 0 Å². The molecule has 5 nitrogen and oxygen atoms in total. The Morgan fingerprint density at radius 1 is 1.38 bits per heavy atom. The quantitative estimate of drug-likeness (QED) is 0.392. The molecule has 0 saturated carbocycles. The van der Waals surface area contributed by atoms with E-state index in [1.54, 1.807) is 0 Å². The van der Waals surface area contributed by atoms with Gasteiger partial charge in [0.1, 0.15) is 0 Å². The van der Waals surface area contributed by atoms with E-state index >= 15 is 0 Å². The molecule has 0 spiro atoms. The zero-order valence-electron chi connectivity index (χ0n) is 12.1. The summed E-state index contributed by atoms with van der Waals surface area (Å²) in [5.41, 5.74) is 5.06. The van der Waals surface area contributed by atoms with E-state index in [0.717, 1.165) is 28.8 Å². The van der Waals surface area contributed by atoms with E-state index in [1.807, 2.05) is 10.9 Å². The molecular formula is C14H19BrIN5. The molecule has 7 heteroatoms. The highest BCUT2D eigenvalue weighted by Crippen LogP contribution is 2.28. The van der Waals surface area contributed by atoms with Crippen LogP contribution in [0.1, 0.15) is 17.3 Å². The summed E-state index contributed by atoms with van der Waals surface area (Å²) in [6, 6.07) is 8.23. The van der Waals surface area contributed by atoms with Gasteiger partial charge in [0.25, 0.3) is 0 Å². The topological polar surface area (TPSA) is 59.1 Å². The van der Waals surface area contributed by atoms with Crippen LogP contribution >= 0.6 is 38.5 Å². The molecule has 3 N–H and O–H groups in total. The van der Waals surface area contributed by atoms with Gasteiger partial charge in [0.15, 0.2) is 0 Å². The van der Waals surface area contributed by atoms with E-state index in [1.165, 1.54) is 3.57 Å². The smallest absolute Gasteiger partial charge is 0.0889 e. The van der Waals surface area contributed by atoms with E-state index < -0.39 is 0 Å². The molecule has 1 heterocycles. The molecule has 0 saturated heterocycles. The Labute approximate surface area is 147 Å². The fourth-order valence-electron chi connectivity index (χ4n) is 2.12. The zero-order valence-corrected chi connectivity index (χ0v) is 15.8. The van der Waals surface area contributed by atoms with Crippen molar-refractivity contribution in [2.24, 2.45) is 5.84 Å². The van der Waals surface area contributed by atoms with Crippen molar-refractivity contribution >= 4 is 38.5 Å². The van der Waals surface area contributed by atoms with Crippen LogP contribution < -0.4 is 11.3 Å². The third kappa shape index (κ3) is 4.26. The largest absolute Gasteiger partial charge is 0.308 e. The van der Waals surface area contributed by atoms with Gasteiger partial charge in [-0.2, -0.15) is 5.10 Å². The lowest BCUT2D eigenvalue weighted by Gasteiger charge is -2.20. The average molecular weight is 464 g/mol. The minimum atomic E-state index is -0.0963. The Bertz CT molecular complexity index is 582. The predicted molar refractivity (Wildman–Crippen MR) is 96.8 cm³/mol. The van der Waals surface area contributed by atoms with Crippen LogP contribution in [-0.2, 0) is 6.54 Å². The number of nitrogens with one attached hydrogen (secondary N) is 1. The highest BCUT2D eigenvalue weighted by molar-refractivity contribution is 14.1. The number of hydrogen-bond donors (Lipinski definition) is 2. The van der Waals surface area contributed by atoms with Gasteiger partial charge in [-0.1, -0.05) is 12.1 Å². The van der Waals surface area contributed by atoms with Crippen molar-refractivity contribution in [3.8, 4) is 0 Å². The summed E-state index contributed by atoms with van der Waals surface area (Å²) in [5.74, 6) is 5.80. The molecule has 1 atom stereocenters. The van der Waals surface area contributed by atoms with Gasteiger partial charge < -0.3 is 4.90 Å². The minimum absolute atomic E-state index is 0.0963. The van der Waals surface area contributed by atoms with Crippen LogP contribution in [0.15, 0.2) is 34.9 Å². The molecule has 21 heavy (non-hydrogen) atoms. The predicted octanol–water partition coefficient (Wildman–Crippen LogP) is 2.36. The molecule has 1 aromatic heterocycles. The number of hydrogen-bond acceptors (Lipinski definition) is 4. The first kappa shape index (κ1) is 16.9. The van der Waals surface area contributed by atoms with Crippen molar-refractivity contribution in [1.82, 2.24) is 20.1 Å². The summed E-state index contributed by atoms with van der Waals surface area (Å²) in [6.45, 7) is 1.74. The van der Waals surface area contributed by atoms with Gasteiger partial charge in [-0.15, -0.1) is 0 Å². The molecule has 0 fully saturated rings. The van der Waals surface area contributed by atoms with E-state index in [4.69, 9.17) is 5.84 Å². The lowest BCUT2D eigenvalue weighted by Crippen LogP contribution is -2.32. The highest BCUT2D eigenvalue weighted by Gasteiger charge is 2.20. The van der Waals surface area contributed by atoms with Crippen molar-refractivity contribution in [1.29, 1.82) is 0 Å². The molecule has 0 aliphatic carbocycles. The molecule has 0 amide bonds. The Hall–Kier alpha value is -0.480. The van der Waals surface area contributed by atoms with Gasteiger partial charge in [0.05, 0.1) is 29.0 Å². The number of benzene rings is 1. The Kier molecular flexibility index (Phi) is 6.18. The lowest BCUT2D eigenvalue weighted by molar-refractivity contribution is 0.365. The zero-order chi connectivity index (χ0) is 15.4. The second-order valence-electron chi connectivity index (χ2n) is 5.06. The fourth-order valence-corrected chi connectivity index (χ4v) is 3.00. The Morgan fingerprint density at radius 2 is 2.05 bits per heavy atom. The first-order valence-electron chi connectivity index (χ1n) is 6.60. The molecule has 1 aromatic carbocycles. The first-order valence-corrected chi connectivity index (χ1v) is 8.47. The molecule has 0 aliphatic heterocycles. The maximum atomic E-state index is 5.80. The highest BCUT2D eigenvalue weighted by atomic mass is 127. The standard InChI is InChI=1S/C14H19BrIN5/c1-20(2)7-8-21-14(12(15)9-18-21)13(19-17)10-3-5-11(16)6-4-10/h3-6,9,13,19H,7-8,17H2,1-2H3. The summed E-state index contributed by atoms with van der Waals surface area (Å²) < 4.78 is 4.15. The molecule has 114 valence electrons. The van der Waals surface area contributed by atoms with E-state index in [-0.39, 0.29) is 6.04 Å². The summed E-state index contributed by atoms with van der Waals surface area (Å²) in [5, 5.41) is 4.45. The molecule has 2 rings (SSSR count). The molecule has 0 radical (unpaired) electrons. The lowest BCUT2D eigenvalue weighted by atomic mass is 10.0. The maximum absolute atomic E-state index is 5.80. The molecule has 0 bridgehead atoms. The van der Waals surface area contributed by atoms with E-state index in [0.29, 0.717) is 0 Å². The first-order chi connectivity index (χ1) is 10.0. The van der Waals surface area contributed by atoms with Crippen LogP contribution in [0, 0.1) is 3.57 Å². The number of likely N-dealkylation sites (N-methyl/N-ethyl adjacent to an activating group) is 1. The summed E-state index contributed by atoms with van der Waals surface area (Å²) >= 11 is 5.88. The summed E-state index contributed by atoms with van der Waals surface area (Å²) in [6.07, 6.45) is 1.82. The van der Waals surface area contributed by atoms with Gasteiger partial charge in [-0.05, 0) is 70.3 Å². The van der Waals surface area contributed by atoms with Crippen molar-refractivity contribution in [2.45, 2.75) is 12.6 Å². The third-order valence-corrected chi connectivity index (χ3v) is 4.57. The number of nitrogens with two attached hydrogens (primary N) is 1. The SMILES string of the molecule is CN(C)CCn1ncc(Br)c1C(NN)c1ccc(I)cc1. The van der Waals surface area contributed by atoms with Crippen LogP contribution in [-0.4, -0.2) is 35.3 Å². The second kappa shape index (κ2) is 7.68. The van der Waals surface area contributed by atoms with Crippen LogP contribution in [0.4, 0.5) is 0 Å². The Balaban J connectivity index is 2.33. The molecule has 1 unspecified atom stereocenters. The van der Waals surface area contributed by atoms with Crippen molar-refractivity contribution in [3.05, 3.63) is 49.8 Å². The van der Waals surface area contributed by atoms with Crippen LogP contribution in [0.2, 0.25) is 0 Å². The van der Waals surface area contributed by atoms with Crippen LogP contribution in [0.25, 0.3) is 0 Å². The monoisotopic (exact) mass is 463 g/mol. The minimum Gasteiger partial charge on any atom is -0.308 e. The van der Waals surface area contributed by atoms with Gasteiger partial charge in [0.2, 0.25) is 0 Å².